The van der Waals surface area contributed by atoms with Crippen LogP contribution >= 0.6 is 24.0 Å². The molecule has 1 aliphatic heterocycles. The summed E-state index contributed by atoms with van der Waals surface area (Å²) in [7, 11) is 0.271. The van der Waals surface area contributed by atoms with Crippen LogP contribution in [0.25, 0.3) is 0 Å². The zero-order chi connectivity index (χ0) is 20.6. The highest BCUT2D eigenvalue weighted by Gasteiger charge is 2.24. The third-order valence-electron chi connectivity index (χ3n) is 4.78. The molecule has 0 bridgehead atoms. The third kappa shape index (κ3) is 8.55. The van der Waals surface area contributed by atoms with E-state index in [9.17, 15) is 8.42 Å². The van der Waals surface area contributed by atoms with Gasteiger partial charge in [-0.1, -0.05) is 12.1 Å². The number of nitrogens with one attached hydrogen (secondary N) is 2. The summed E-state index contributed by atoms with van der Waals surface area (Å²) in [6.07, 6.45) is 2.90. The van der Waals surface area contributed by atoms with E-state index in [-0.39, 0.29) is 30.1 Å². The largest absolute Gasteiger partial charge is 0.493 e. The molecule has 1 aromatic rings. The predicted molar refractivity (Wildman–Crippen MR) is 127 cm³/mol. The number of para-hydroxylation sites is 2. The fourth-order valence-corrected chi connectivity index (χ4v) is 4.00. The SMILES string of the molecule is CN=C(NCC1CCN(S(C)(=O)=O)CC1)NCC(C)Oc1ccccc1OC.I. The highest BCUT2D eigenvalue weighted by molar-refractivity contribution is 14.0. The second-order valence-electron chi connectivity index (χ2n) is 7.02. The van der Waals surface area contributed by atoms with Crippen LogP contribution in [0.5, 0.6) is 11.5 Å². The van der Waals surface area contributed by atoms with Crippen LogP contribution in [-0.2, 0) is 10.0 Å². The van der Waals surface area contributed by atoms with Gasteiger partial charge in [0.2, 0.25) is 10.0 Å². The number of benzene rings is 1. The summed E-state index contributed by atoms with van der Waals surface area (Å²) in [5.74, 6) is 2.55. The van der Waals surface area contributed by atoms with E-state index < -0.39 is 10.0 Å². The first-order valence-corrected chi connectivity index (χ1v) is 11.4. The molecule has 0 radical (unpaired) electrons. The maximum absolute atomic E-state index is 11.6. The average molecular weight is 540 g/mol. The van der Waals surface area contributed by atoms with Crippen LogP contribution in [0.3, 0.4) is 0 Å². The third-order valence-corrected chi connectivity index (χ3v) is 6.08. The summed E-state index contributed by atoms with van der Waals surface area (Å²) >= 11 is 0. The Morgan fingerprint density at radius 1 is 1.24 bits per heavy atom. The van der Waals surface area contributed by atoms with E-state index in [1.165, 1.54) is 6.26 Å². The monoisotopic (exact) mass is 540 g/mol. The second-order valence-corrected chi connectivity index (χ2v) is 9.00. The molecule has 0 aromatic heterocycles. The van der Waals surface area contributed by atoms with Gasteiger partial charge in [0, 0.05) is 26.7 Å². The number of ether oxygens (including phenoxy) is 2. The molecule has 166 valence electrons. The van der Waals surface area contributed by atoms with E-state index in [1.807, 2.05) is 31.2 Å². The van der Waals surface area contributed by atoms with E-state index in [1.54, 1.807) is 18.5 Å². The molecule has 0 spiro atoms. The molecule has 10 heteroatoms. The number of piperidine rings is 1. The first-order chi connectivity index (χ1) is 13.3. The number of sulfonamides is 1. The van der Waals surface area contributed by atoms with E-state index in [4.69, 9.17) is 9.47 Å². The minimum absolute atomic E-state index is 0. The van der Waals surface area contributed by atoms with Crippen LogP contribution in [0.15, 0.2) is 29.3 Å². The van der Waals surface area contributed by atoms with Crippen LogP contribution in [0.4, 0.5) is 0 Å². The summed E-state index contributed by atoms with van der Waals surface area (Å²) in [5.41, 5.74) is 0. The number of nitrogens with zero attached hydrogens (tertiary/aromatic N) is 2. The normalized spacial score (nSPS) is 17.2. The minimum Gasteiger partial charge on any atom is -0.493 e. The van der Waals surface area contributed by atoms with Gasteiger partial charge in [0.05, 0.1) is 19.9 Å². The minimum atomic E-state index is -3.08. The van der Waals surface area contributed by atoms with Crippen molar-refractivity contribution in [2.75, 3.05) is 46.6 Å². The molecule has 1 aromatic carbocycles. The standard InChI is InChI=1S/C19H32N4O4S.HI/c1-15(27-18-8-6-5-7-17(18)26-3)13-21-19(20-2)22-14-16-9-11-23(12-10-16)28(4,24)25;/h5-8,15-16H,9-14H2,1-4H3,(H2,20,21,22);1H. The maximum atomic E-state index is 11.6. The Balaban J connectivity index is 0.00000420. The molecule has 0 saturated carbocycles. The molecular formula is C19H33IN4O4S. The molecular weight excluding hydrogens is 507 g/mol. The zero-order valence-corrected chi connectivity index (χ0v) is 20.7. The topological polar surface area (TPSA) is 92.3 Å². The lowest BCUT2D eigenvalue weighted by molar-refractivity contribution is 0.213. The highest BCUT2D eigenvalue weighted by Crippen LogP contribution is 2.26. The average Bonchev–Trinajstić information content (AvgIpc) is 2.68. The summed E-state index contributed by atoms with van der Waals surface area (Å²) in [4.78, 5) is 4.25. The summed E-state index contributed by atoms with van der Waals surface area (Å²) < 4.78 is 36.0. The molecule has 1 unspecified atom stereocenters. The van der Waals surface area contributed by atoms with Crippen LogP contribution in [0.2, 0.25) is 0 Å². The number of aliphatic imine (C=N–C) groups is 1. The second kappa shape index (κ2) is 12.4. The molecule has 2 rings (SSSR count). The fraction of sp³-hybridized carbons (Fsp3) is 0.632. The maximum Gasteiger partial charge on any atom is 0.211 e. The summed E-state index contributed by atoms with van der Waals surface area (Å²) in [6.45, 7) is 4.50. The number of methoxy groups -OCH3 is 1. The van der Waals surface area contributed by atoms with Crippen molar-refractivity contribution in [3.63, 3.8) is 0 Å². The number of halogens is 1. The van der Waals surface area contributed by atoms with Gasteiger partial charge in [-0.3, -0.25) is 4.99 Å². The molecule has 1 atom stereocenters. The molecule has 29 heavy (non-hydrogen) atoms. The van der Waals surface area contributed by atoms with Gasteiger partial charge in [-0.15, -0.1) is 24.0 Å². The number of guanidine groups is 1. The number of hydrogen-bond donors (Lipinski definition) is 2. The molecule has 2 N–H and O–H groups in total. The van der Waals surface area contributed by atoms with Crippen molar-refractivity contribution in [1.29, 1.82) is 0 Å². The Labute approximate surface area is 191 Å². The lowest BCUT2D eigenvalue weighted by atomic mass is 9.98. The van der Waals surface area contributed by atoms with Gasteiger partial charge in [0.1, 0.15) is 6.10 Å². The first kappa shape index (κ1) is 25.8. The van der Waals surface area contributed by atoms with Crippen LogP contribution in [0, 0.1) is 5.92 Å². The lowest BCUT2D eigenvalue weighted by Crippen LogP contribution is -2.45. The quantitative estimate of drug-likeness (QED) is 0.298. The van der Waals surface area contributed by atoms with Crippen molar-refractivity contribution in [2.24, 2.45) is 10.9 Å². The van der Waals surface area contributed by atoms with Crippen LogP contribution in [0.1, 0.15) is 19.8 Å². The Morgan fingerprint density at radius 2 is 1.86 bits per heavy atom. The molecule has 1 saturated heterocycles. The van der Waals surface area contributed by atoms with Crippen molar-refractivity contribution in [3.8, 4) is 11.5 Å². The molecule has 0 amide bonds. The van der Waals surface area contributed by atoms with E-state index in [0.717, 1.165) is 19.4 Å². The predicted octanol–water partition coefficient (Wildman–Crippen LogP) is 1.92. The summed E-state index contributed by atoms with van der Waals surface area (Å²) in [6, 6.07) is 7.56. The number of rotatable bonds is 8. The Kier molecular flexibility index (Phi) is 11.0. The van der Waals surface area contributed by atoms with Gasteiger partial charge in [-0.25, -0.2) is 12.7 Å². The van der Waals surface area contributed by atoms with Crippen LogP contribution in [-0.4, -0.2) is 71.4 Å². The Hall–Kier alpha value is -1.27. The van der Waals surface area contributed by atoms with Crippen molar-refractivity contribution >= 4 is 40.0 Å². The van der Waals surface area contributed by atoms with Crippen molar-refractivity contribution in [2.45, 2.75) is 25.9 Å². The summed E-state index contributed by atoms with van der Waals surface area (Å²) in [5, 5.41) is 6.59. The lowest BCUT2D eigenvalue weighted by Gasteiger charge is -2.30. The Bertz CT molecular complexity index is 752. The van der Waals surface area contributed by atoms with Crippen molar-refractivity contribution in [1.82, 2.24) is 14.9 Å². The van der Waals surface area contributed by atoms with E-state index in [0.29, 0.717) is 43.0 Å². The van der Waals surface area contributed by atoms with Gasteiger partial charge in [-0.2, -0.15) is 0 Å². The van der Waals surface area contributed by atoms with Crippen LogP contribution < -0.4 is 20.1 Å². The molecule has 1 fully saturated rings. The van der Waals surface area contributed by atoms with Crippen molar-refractivity contribution in [3.05, 3.63) is 24.3 Å². The van der Waals surface area contributed by atoms with Gasteiger partial charge in [-0.05, 0) is 37.8 Å². The first-order valence-electron chi connectivity index (χ1n) is 9.52. The number of hydrogen-bond acceptors (Lipinski definition) is 5. The van der Waals surface area contributed by atoms with Gasteiger partial charge in [0.25, 0.3) is 0 Å². The Morgan fingerprint density at radius 3 is 2.41 bits per heavy atom. The van der Waals surface area contributed by atoms with E-state index in [2.05, 4.69) is 15.6 Å². The molecule has 1 aliphatic rings. The van der Waals surface area contributed by atoms with E-state index >= 15 is 0 Å². The van der Waals surface area contributed by atoms with Gasteiger partial charge < -0.3 is 20.1 Å². The van der Waals surface area contributed by atoms with Gasteiger partial charge in [0.15, 0.2) is 17.5 Å². The van der Waals surface area contributed by atoms with Gasteiger partial charge >= 0.3 is 0 Å². The molecule has 1 heterocycles. The fourth-order valence-electron chi connectivity index (χ4n) is 3.12. The molecule has 0 aliphatic carbocycles. The molecule has 8 nitrogen and oxygen atoms in total. The smallest absolute Gasteiger partial charge is 0.211 e. The zero-order valence-electron chi connectivity index (χ0n) is 17.6. The highest BCUT2D eigenvalue weighted by atomic mass is 127. The van der Waals surface area contributed by atoms with Crippen molar-refractivity contribution < 1.29 is 17.9 Å².